The molecule has 5 heteroatoms. The molecule has 0 fully saturated rings. The first-order valence-corrected chi connectivity index (χ1v) is 5.49. The predicted octanol–water partition coefficient (Wildman–Crippen LogP) is 1.58. The Morgan fingerprint density at radius 3 is 2.86 bits per heavy atom. The molecule has 0 saturated heterocycles. The highest BCUT2D eigenvalue weighted by Crippen LogP contribution is 2.18. The van der Waals surface area contributed by atoms with E-state index in [9.17, 15) is 4.79 Å². The van der Waals surface area contributed by atoms with Gasteiger partial charge in [0, 0.05) is 30.9 Å². The fourth-order valence-electron chi connectivity index (χ4n) is 0.897. The van der Waals surface area contributed by atoms with Crippen LogP contribution in [0.1, 0.15) is 4.88 Å². The fourth-order valence-corrected chi connectivity index (χ4v) is 1.94. The minimum Gasteiger partial charge on any atom is -0.348 e. The molecule has 0 aliphatic rings. The Labute approximate surface area is 92.7 Å². The number of hydrogen-bond acceptors (Lipinski definition) is 3. The Morgan fingerprint density at radius 1 is 1.64 bits per heavy atom. The summed E-state index contributed by atoms with van der Waals surface area (Å²) in [6.07, 6.45) is 0. The zero-order valence-electron chi connectivity index (χ0n) is 8.21. The Kier molecular flexibility index (Phi) is 4.38. The Morgan fingerprint density at radius 2 is 2.36 bits per heavy atom. The maximum Gasteiger partial charge on any atom is 0.236 e. The van der Waals surface area contributed by atoms with Gasteiger partial charge in [0.2, 0.25) is 5.91 Å². The molecule has 1 amide bonds. The lowest BCUT2D eigenvalue weighted by Gasteiger charge is -2.10. The molecule has 0 unspecified atom stereocenters. The van der Waals surface area contributed by atoms with Gasteiger partial charge in [-0.1, -0.05) is 11.6 Å². The van der Waals surface area contributed by atoms with E-state index in [1.165, 1.54) is 0 Å². The van der Waals surface area contributed by atoms with Gasteiger partial charge in [-0.05, 0) is 6.07 Å². The molecule has 0 aliphatic carbocycles. The summed E-state index contributed by atoms with van der Waals surface area (Å²) < 4.78 is 0. The Hall–Kier alpha value is -0.580. The number of likely N-dealkylation sites (N-methyl/N-ethyl adjacent to an activating group) is 1. The van der Waals surface area contributed by atoms with Gasteiger partial charge in [-0.15, -0.1) is 11.3 Å². The molecule has 0 aliphatic heterocycles. The number of carbonyl (C=O) groups excluding carboxylic acids is 1. The number of halogens is 1. The molecule has 1 aromatic heterocycles. The highest BCUT2D eigenvalue weighted by atomic mass is 35.5. The summed E-state index contributed by atoms with van der Waals surface area (Å²) in [6.45, 7) is 1.06. The first-order chi connectivity index (χ1) is 6.59. The number of hydrogen-bond donors (Lipinski definition) is 1. The van der Waals surface area contributed by atoms with Gasteiger partial charge in [-0.3, -0.25) is 4.79 Å². The number of nitrogens with zero attached hydrogens (tertiary/aromatic N) is 1. The molecule has 0 aromatic carbocycles. The minimum atomic E-state index is 0.0765. The SMILES string of the molecule is CN(C)C(=O)CNCc1cc(Cl)cs1. The van der Waals surface area contributed by atoms with Crippen LogP contribution in [0.25, 0.3) is 0 Å². The van der Waals surface area contributed by atoms with Gasteiger partial charge in [-0.2, -0.15) is 0 Å². The van der Waals surface area contributed by atoms with Crippen molar-refractivity contribution >= 4 is 28.8 Å². The zero-order valence-corrected chi connectivity index (χ0v) is 9.78. The van der Waals surface area contributed by atoms with Crippen molar-refractivity contribution in [3.05, 3.63) is 21.3 Å². The van der Waals surface area contributed by atoms with Gasteiger partial charge in [0.15, 0.2) is 0 Å². The monoisotopic (exact) mass is 232 g/mol. The molecule has 1 aromatic rings. The molecule has 3 nitrogen and oxygen atoms in total. The highest BCUT2D eigenvalue weighted by Gasteiger charge is 2.03. The minimum absolute atomic E-state index is 0.0765. The summed E-state index contributed by atoms with van der Waals surface area (Å²) in [4.78, 5) is 13.9. The third kappa shape index (κ3) is 3.65. The number of nitrogens with one attached hydrogen (secondary N) is 1. The normalized spacial score (nSPS) is 10.2. The van der Waals surface area contributed by atoms with Crippen LogP contribution in [0.15, 0.2) is 11.4 Å². The third-order valence-corrected chi connectivity index (χ3v) is 2.98. The van der Waals surface area contributed by atoms with Crippen molar-refractivity contribution in [1.29, 1.82) is 0 Å². The number of rotatable bonds is 4. The van der Waals surface area contributed by atoms with Gasteiger partial charge in [0.25, 0.3) is 0 Å². The third-order valence-electron chi connectivity index (χ3n) is 1.70. The summed E-state index contributed by atoms with van der Waals surface area (Å²) in [5, 5.41) is 5.69. The highest BCUT2D eigenvalue weighted by molar-refractivity contribution is 7.10. The van der Waals surface area contributed by atoms with E-state index < -0.39 is 0 Å². The van der Waals surface area contributed by atoms with Gasteiger partial charge >= 0.3 is 0 Å². The van der Waals surface area contributed by atoms with Crippen LogP contribution in [0.3, 0.4) is 0 Å². The van der Waals surface area contributed by atoms with E-state index in [0.717, 1.165) is 9.90 Å². The first-order valence-electron chi connectivity index (χ1n) is 4.23. The molecule has 0 atom stereocenters. The summed E-state index contributed by atoms with van der Waals surface area (Å²) in [5.41, 5.74) is 0. The van der Waals surface area contributed by atoms with E-state index >= 15 is 0 Å². The number of amides is 1. The molecule has 1 N–H and O–H groups in total. The standard InChI is InChI=1S/C9H13ClN2OS/c1-12(2)9(13)5-11-4-8-3-7(10)6-14-8/h3,6,11H,4-5H2,1-2H3. The van der Waals surface area contributed by atoms with Crippen molar-refractivity contribution < 1.29 is 4.79 Å². The number of thiophene rings is 1. The molecule has 1 rings (SSSR count). The Bertz CT molecular complexity index is 312. The summed E-state index contributed by atoms with van der Waals surface area (Å²) in [7, 11) is 3.48. The molecule has 14 heavy (non-hydrogen) atoms. The lowest BCUT2D eigenvalue weighted by molar-refractivity contribution is -0.127. The lowest BCUT2D eigenvalue weighted by Crippen LogP contribution is -2.32. The van der Waals surface area contributed by atoms with E-state index in [1.54, 1.807) is 30.3 Å². The van der Waals surface area contributed by atoms with Gasteiger partial charge in [0.05, 0.1) is 11.6 Å². The van der Waals surface area contributed by atoms with Crippen LogP contribution in [-0.2, 0) is 11.3 Å². The van der Waals surface area contributed by atoms with Crippen LogP contribution in [0.2, 0.25) is 5.02 Å². The molecule has 0 spiro atoms. The van der Waals surface area contributed by atoms with E-state index in [-0.39, 0.29) is 5.91 Å². The van der Waals surface area contributed by atoms with Crippen LogP contribution >= 0.6 is 22.9 Å². The molecule has 0 saturated carbocycles. The smallest absolute Gasteiger partial charge is 0.236 e. The van der Waals surface area contributed by atoms with Crippen LogP contribution in [0.4, 0.5) is 0 Å². The fraction of sp³-hybridized carbons (Fsp3) is 0.444. The summed E-state index contributed by atoms with van der Waals surface area (Å²) >= 11 is 7.35. The van der Waals surface area contributed by atoms with Crippen molar-refractivity contribution in [2.45, 2.75) is 6.54 Å². The maximum atomic E-state index is 11.2. The van der Waals surface area contributed by atoms with Crippen LogP contribution in [0.5, 0.6) is 0 Å². The summed E-state index contributed by atoms with van der Waals surface area (Å²) in [5.74, 6) is 0.0765. The molecule has 78 valence electrons. The van der Waals surface area contributed by atoms with E-state index in [0.29, 0.717) is 13.1 Å². The topological polar surface area (TPSA) is 32.3 Å². The van der Waals surface area contributed by atoms with Crippen molar-refractivity contribution in [3.63, 3.8) is 0 Å². The zero-order chi connectivity index (χ0) is 10.6. The predicted molar refractivity (Wildman–Crippen MR) is 59.7 cm³/mol. The average Bonchev–Trinajstić information content (AvgIpc) is 2.51. The Balaban J connectivity index is 2.25. The van der Waals surface area contributed by atoms with Crippen molar-refractivity contribution in [2.24, 2.45) is 0 Å². The van der Waals surface area contributed by atoms with E-state index in [4.69, 9.17) is 11.6 Å². The quantitative estimate of drug-likeness (QED) is 0.855. The van der Waals surface area contributed by atoms with Crippen molar-refractivity contribution in [3.8, 4) is 0 Å². The van der Waals surface area contributed by atoms with Gasteiger partial charge in [0.1, 0.15) is 0 Å². The van der Waals surface area contributed by atoms with E-state index in [2.05, 4.69) is 5.32 Å². The van der Waals surface area contributed by atoms with Crippen molar-refractivity contribution in [2.75, 3.05) is 20.6 Å². The molecule has 0 bridgehead atoms. The molecular formula is C9H13ClN2OS. The second-order valence-electron chi connectivity index (χ2n) is 3.12. The van der Waals surface area contributed by atoms with Crippen LogP contribution in [-0.4, -0.2) is 31.4 Å². The van der Waals surface area contributed by atoms with Gasteiger partial charge < -0.3 is 10.2 Å². The maximum absolute atomic E-state index is 11.2. The molecule has 1 heterocycles. The molecular weight excluding hydrogens is 220 g/mol. The largest absolute Gasteiger partial charge is 0.348 e. The first kappa shape index (κ1) is 11.5. The second-order valence-corrected chi connectivity index (χ2v) is 4.56. The number of carbonyl (C=O) groups is 1. The van der Waals surface area contributed by atoms with Crippen LogP contribution < -0.4 is 5.32 Å². The van der Waals surface area contributed by atoms with Crippen LogP contribution in [0, 0.1) is 0 Å². The lowest BCUT2D eigenvalue weighted by atomic mass is 10.4. The van der Waals surface area contributed by atoms with Gasteiger partial charge in [-0.25, -0.2) is 0 Å². The second kappa shape index (κ2) is 5.34. The molecule has 0 radical (unpaired) electrons. The van der Waals surface area contributed by atoms with E-state index in [1.807, 2.05) is 11.4 Å². The summed E-state index contributed by atoms with van der Waals surface area (Å²) in [6, 6.07) is 1.90. The average molecular weight is 233 g/mol. The van der Waals surface area contributed by atoms with Crippen molar-refractivity contribution in [1.82, 2.24) is 10.2 Å².